The van der Waals surface area contributed by atoms with Gasteiger partial charge in [-0.25, -0.2) is 4.98 Å². The van der Waals surface area contributed by atoms with Gasteiger partial charge in [0.2, 0.25) is 0 Å². The molecule has 3 aromatic carbocycles. The van der Waals surface area contributed by atoms with E-state index in [2.05, 4.69) is 127 Å². The number of para-hydroxylation sites is 1. The fourth-order valence-corrected chi connectivity index (χ4v) is 11.1. The molecule has 0 amide bonds. The number of nitrogens with zero attached hydrogens (tertiary/aromatic N) is 2. The summed E-state index contributed by atoms with van der Waals surface area (Å²) in [5.74, 6) is 0.999. The van der Waals surface area contributed by atoms with Crippen LogP contribution in [0.5, 0.6) is 0 Å². The van der Waals surface area contributed by atoms with Gasteiger partial charge in [-0.1, -0.05) is 85.5 Å². The van der Waals surface area contributed by atoms with Crippen molar-refractivity contribution >= 4 is 95.0 Å². The lowest BCUT2D eigenvalue weighted by atomic mass is 10.1. The molecule has 0 atom stereocenters. The van der Waals surface area contributed by atoms with Gasteiger partial charge in [0.05, 0.1) is 36.6 Å². The maximum Gasteiger partial charge on any atom is 0.145 e. The number of fused-ring (bicyclic) bond motifs is 6. The van der Waals surface area contributed by atoms with Crippen LogP contribution in [0.2, 0.25) is 39.3 Å². The first-order valence-electron chi connectivity index (χ1n) is 12.3. The summed E-state index contributed by atoms with van der Waals surface area (Å²) in [6.45, 7) is 14.7. The second kappa shape index (κ2) is 8.50. The van der Waals surface area contributed by atoms with E-state index in [1.54, 1.807) is 9.00 Å². The van der Waals surface area contributed by atoms with Crippen LogP contribution in [0.3, 0.4) is 0 Å². The van der Waals surface area contributed by atoms with Gasteiger partial charge in [0.15, 0.2) is 0 Å². The number of benzene rings is 3. The van der Waals surface area contributed by atoms with Crippen LogP contribution in [0.1, 0.15) is 0 Å². The molecule has 0 saturated carbocycles. The van der Waals surface area contributed by atoms with Gasteiger partial charge in [0.25, 0.3) is 0 Å². The summed E-state index contributed by atoms with van der Waals surface area (Å²) in [4.78, 5) is 5.42. The van der Waals surface area contributed by atoms with E-state index in [0.29, 0.717) is 0 Å². The van der Waals surface area contributed by atoms with Crippen molar-refractivity contribution in [1.82, 2.24) is 9.55 Å². The van der Waals surface area contributed by atoms with E-state index in [1.807, 2.05) is 22.7 Å². The Balaban J connectivity index is 1.84. The number of hydrogen-bond acceptors (Lipinski definition) is 3. The summed E-state index contributed by atoms with van der Waals surface area (Å²) in [7, 11) is -2.95. The largest absolute Gasteiger partial charge is 0.292 e. The molecule has 3 aromatic heterocycles. The fourth-order valence-electron chi connectivity index (χ4n) is 4.69. The zero-order chi connectivity index (χ0) is 25.4. The van der Waals surface area contributed by atoms with E-state index in [0.717, 1.165) is 27.1 Å². The van der Waals surface area contributed by atoms with Gasteiger partial charge in [0, 0.05) is 26.5 Å². The van der Waals surface area contributed by atoms with Crippen LogP contribution in [-0.4, -0.2) is 25.7 Å². The Morgan fingerprint density at radius 2 is 1.28 bits per heavy atom. The second-order valence-corrected chi connectivity index (χ2v) is 25.3. The predicted octanol–water partition coefficient (Wildman–Crippen LogP) is 8.97. The molecule has 182 valence electrons. The molecule has 36 heavy (non-hydrogen) atoms. The van der Waals surface area contributed by atoms with Crippen molar-refractivity contribution in [2.45, 2.75) is 39.3 Å². The van der Waals surface area contributed by atoms with Gasteiger partial charge in [-0.2, -0.15) is 0 Å². The Bertz CT molecular complexity index is 1750. The highest BCUT2D eigenvalue weighted by atomic mass is 79.9. The summed E-state index contributed by atoms with van der Waals surface area (Å²) >= 11 is 7.64. The monoisotopic (exact) mass is 604 g/mol. The zero-order valence-corrected chi connectivity index (χ0v) is 26.7. The number of rotatable bonds is 4. The molecule has 0 N–H and O–H groups in total. The van der Waals surface area contributed by atoms with E-state index in [9.17, 15) is 0 Å². The highest BCUT2D eigenvalue weighted by molar-refractivity contribution is 9.10. The Morgan fingerprint density at radius 3 is 1.86 bits per heavy atom. The average Bonchev–Trinajstić information content (AvgIpc) is 3.53. The minimum Gasteiger partial charge on any atom is -0.292 e. The minimum absolute atomic E-state index is 0.999. The molecule has 6 aromatic rings. The Kier molecular flexibility index (Phi) is 5.74. The molecule has 0 radical (unpaired) electrons. The Labute approximate surface area is 230 Å². The molecule has 0 saturated heterocycles. The molecule has 0 unspecified atom stereocenters. The van der Waals surface area contributed by atoms with Gasteiger partial charge < -0.3 is 0 Å². The summed E-state index contributed by atoms with van der Waals surface area (Å²) in [5.41, 5.74) is 4.64. The quantitative estimate of drug-likeness (QED) is 0.184. The van der Waals surface area contributed by atoms with E-state index >= 15 is 0 Å². The van der Waals surface area contributed by atoms with Crippen molar-refractivity contribution in [3.05, 3.63) is 71.2 Å². The Hall–Kier alpha value is -2.04. The fraction of sp³-hybridized carbons (Fsp3) is 0.207. The first kappa shape index (κ1) is 24.3. The van der Waals surface area contributed by atoms with Gasteiger partial charge in [-0.3, -0.25) is 4.57 Å². The standard InChI is InChI=1S/C29H29BrN2S2Si2/c1-35(2,3)23-16-21-25-26(22-17-24(36(4,5)6)34-28(22)27(21)33-23)32(20-10-8-7-9-11-20)29(31-25)18-12-14-19(30)15-13-18/h7-17H,1-6H3. The van der Waals surface area contributed by atoms with Crippen molar-refractivity contribution in [2.24, 2.45) is 0 Å². The third-order valence-corrected chi connectivity index (χ3v) is 16.8. The van der Waals surface area contributed by atoms with Crippen molar-refractivity contribution < 1.29 is 0 Å². The van der Waals surface area contributed by atoms with Gasteiger partial charge in [0.1, 0.15) is 5.82 Å². The van der Waals surface area contributed by atoms with Crippen LogP contribution in [-0.2, 0) is 0 Å². The minimum atomic E-state index is -1.48. The molecule has 0 fully saturated rings. The first-order chi connectivity index (χ1) is 17.0. The van der Waals surface area contributed by atoms with Gasteiger partial charge >= 0.3 is 0 Å². The molecule has 6 rings (SSSR count). The third-order valence-electron chi connectivity index (χ3n) is 6.65. The number of imidazole rings is 1. The molecule has 0 aliphatic carbocycles. The Morgan fingerprint density at radius 1 is 0.722 bits per heavy atom. The van der Waals surface area contributed by atoms with Gasteiger partial charge in [-0.05, 0) is 45.4 Å². The maximum atomic E-state index is 5.42. The topological polar surface area (TPSA) is 17.8 Å². The lowest BCUT2D eigenvalue weighted by molar-refractivity contribution is 1.11. The SMILES string of the molecule is C[Si](C)(C)c1cc2c3nc(-c4ccc(Br)cc4)n(-c4ccccc4)c3c3cc([Si](C)(C)C)sc3c2s1. The van der Waals surface area contributed by atoms with Crippen molar-refractivity contribution in [2.75, 3.05) is 0 Å². The predicted molar refractivity (Wildman–Crippen MR) is 171 cm³/mol. The maximum absolute atomic E-state index is 5.42. The second-order valence-electron chi connectivity index (χ2n) is 11.5. The smallest absolute Gasteiger partial charge is 0.145 e. The van der Waals surface area contributed by atoms with E-state index in [-0.39, 0.29) is 0 Å². The highest BCUT2D eigenvalue weighted by Gasteiger charge is 2.28. The van der Waals surface area contributed by atoms with Gasteiger partial charge in [-0.15, -0.1) is 22.7 Å². The summed E-state index contributed by atoms with van der Waals surface area (Å²) in [5, 5.41) is 2.67. The molecule has 0 aliphatic heterocycles. The highest BCUT2D eigenvalue weighted by Crippen LogP contribution is 2.43. The number of aromatic nitrogens is 2. The number of halogens is 1. The lowest BCUT2D eigenvalue weighted by Gasteiger charge is -2.12. The van der Waals surface area contributed by atoms with Crippen LogP contribution >= 0.6 is 38.6 Å². The van der Waals surface area contributed by atoms with Crippen molar-refractivity contribution in [1.29, 1.82) is 0 Å². The summed E-state index contributed by atoms with van der Waals surface area (Å²) in [6.07, 6.45) is 0. The molecular weight excluding hydrogens is 577 g/mol. The van der Waals surface area contributed by atoms with Crippen LogP contribution in [0, 0.1) is 0 Å². The molecule has 7 heteroatoms. The van der Waals surface area contributed by atoms with Crippen molar-refractivity contribution in [3.8, 4) is 17.1 Å². The summed E-state index contributed by atoms with van der Waals surface area (Å²) in [6, 6.07) is 24.2. The molecule has 0 bridgehead atoms. The number of thiophene rings is 2. The van der Waals surface area contributed by atoms with Crippen LogP contribution in [0.4, 0.5) is 0 Å². The summed E-state index contributed by atoms with van der Waals surface area (Å²) < 4.78 is 9.43. The average molecular weight is 606 g/mol. The lowest BCUT2D eigenvalue weighted by Crippen LogP contribution is -2.34. The van der Waals surface area contributed by atoms with E-state index in [4.69, 9.17) is 4.98 Å². The van der Waals surface area contributed by atoms with Crippen LogP contribution in [0.15, 0.2) is 71.2 Å². The molecule has 0 spiro atoms. The molecule has 3 heterocycles. The molecule has 0 aliphatic rings. The molecular formula is C29H29BrN2S2Si2. The first-order valence-corrected chi connectivity index (χ1v) is 21.7. The number of hydrogen-bond donors (Lipinski definition) is 0. The zero-order valence-electron chi connectivity index (χ0n) is 21.4. The van der Waals surface area contributed by atoms with E-state index in [1.165, 1.54) is 25.7 Å². The van der Waals surface area contributed by atoms with Crippen LogP contribution < -0.4 is 9.00 Å². The third kappa shape index (κ3) is 3.96. The van der Waals surface area contributed by atoms with Crippen molar-refractivity contribution in [3.63, 3.8) is 0 Å². The molecule has 2 nitrogen and oxygen atoms in total. The van der Waals surface area contributed by atoms with E-state index < -0.39 is 16.1 Å². The normalized spacial score (nSPS) is 12.9. The van der Waals surface area contributed by atoms with Crippen LogP contribution in [0.25, 0.3) is 48.3 Å².